The fourth-order valence-corrected chi connectivity index (χ4v) is 3.39. The van der Waals surface area contributed by atoms with Gasteiger partial charge in [0.2, 0.25) is 5.91 Å². The summed E-state index contributed by atoms with van der Waals surface area (Å²) in [6.45, 7) is 6.58. The smallest absolute Gasteiger partial charge is 0.307 e. The van der Waals surface area contributed by atoms with Gasteiger partial charge >= 0.3 is 5.97 Å². The van der Waals surface area contributed by atoms with E-state index >= 15 is 0 Å². The molecule has 0 radical (unpaired) electrons. The van der Waals surface area contributed by atoms with E-state index in [1.54, 1.807) is 4.90 Å². The number of amides is 1. The third-order valence-corrected chi connectivity index (χ3v) is 5.19. The van der Waals surface area contributed by atoms with Gasteiger partial charge in [0.15, 0.2) is 0 Å². The second-order valence-electron chi connectivity index (χ2n) is 6.75. The highest BCUT2D eigenvalue weighted by Crippen LogP contribution is 2.41. The van der Waals surface area contributed by atoms with Crippen molar-refractivity contribution in [3.05, 3.63) is 0 Å². The zero-order valence-electron chi connectivity index (χ0n) is 12.5. The van der Waals surface area contributed by atoms with Crippen LogP contribution in [0, 0.1) is 23.7 Å². The largest absolute Gasteiger partial charge is 0.481 e. The minimum Gasteiger partial charge on any atom is -0.481 e. The van der Waals surface area contributed by atoms with Gasteiger partial charge in [-0.15, -0.1) is 0 Å². The van der Waals surface area contributed by atoms with E-state index in [2.05, 4.69) is 0 Å². The summed E-state index contributed by atoms with van der Waals surface area (Å²) in [6.07, 6.45) is 2.19. The van der Waals surface area contributed by atoms with Crippen LogP contribution in [0.5, 0.6) is 0 Å². The fourth-order valence-electron chi connectivity index (χ4n) is 3.39. The van der Waals surface area contributed by atoms with Crippen molar-refractivity contribution in [2.24, 2.45) is 23.7 Å². The second kappa shape index (κ2) is 5.35. The van der Waals surface area contributed by atoms with Crippen molar-refractivity contribution in [3.63, 3.8) is 0 Å². The summed E-state index contributed by atoms with van der Waals surface area (Å²) >= 11 is 0. The quantitative estimate of drug-likeness (QED) is 0.816. The molecule has 2 aliphatic rings. The summed E-state index contributed by atoms with van der Waals surface area (Å²) in [6, 6.07) is 0. The molecule has 1 aliphatic carbocycles. The zero-order chi connectivity index (χ0) is 15.1. The Morgan fingerprint density at radius 1 is 1.25 bits per heavy atom. The molecule has 114 valence electrons. The lowest BCUT2D eigenvalue weighted by atomic mass is 9.81. The Morgan fingerprint density at radius 2 is 1.80 bits per heavy atom. The first-order valence-corrected chi connectivity index (χ1v) is 7.52. The molecule has 0 aromatic carbocycles. The number of carboxylic acids is 1. The van der Waals surface area contributed by atoms with Gasteiger partial charge in [-0.25, -0.2) is 0 Å². The molecular formula is C15H25NO4. The SMILES string of the molecule is CCC1C[C@H](C(=O)N2CC(O)(C(C)C)C2)[C@H](C(=O)O)C1. The van der Waals surface area contributed by atoms with Gasteiger partial charge in [-0.1, -0.05) is 27.2 Å². The minimum atomic E-state index is -0.862. The van der Waals surface area contributed by atoms with Gasteiger partial charge in [-0.05, 0) is 24.7 Å². The fraction of sp³-hybridized carbons (Fsp3) is 0.867. The summed E-state index contributed by atoms with van der Waals surface area (Å²) in [5.74, 6) is -1.48. The van der Waals surface area contributed by atoms with E-state index in [1.807, 2.05) is 20.8 Å². The molecule has 0 aromatic rings. The molecule has 0 aromatic heterocycles. The first-order valence-electron chi connectivity index (χ1n) is 7.52. The number of aliphatic carboxylic acids is 1. The molecule has 1 saturated heterocycles. The van der Waals surface area contributed by atoms with E-state index in [4.69, 9.17) is 0 Å². The van der Waals surface area contributed by atoms with Crippen molar-refractivity contribution in [3.8, 4) is 0 Å². The number of hydrogen-bond donors (Lipinski definition) is 2. The third-order valence-electron chi connectivity index (χ3n) is 5.19. The maximum Gasteiger partial charge on any atom is 0.307 e. The first-order chi connectivity index (χ1) is 9.28. The molecule has 5 heteroatoms. The number of carbonyl (C=O) groups excluding carboxylic acids is 1. The standard InChI is InChI=1S/C15H25NO4/c1-4-10-5-11(12(6-10)14(18)19)13(17)16-7-15(20,8-16)9(2)3/h9-12,20H,4-8H2,1-3H3,(H,18,19)/t10?,11-,12+/m0/s1. The van der Waals surface area contributed by atoms with Gasteiger partial charge in [-0.3, -0.25) is 9.59 Å². The Hall–Kier alpha value is -1.10. The Morgan fingerprint density at radius 3 is 2.25 bits per heavy atom. The number of nitrogens with zero attached hydrogens (tertiary/aromatic N) is 1. The molecule has 20 heavy (non-hydrogen) atoms. The number of β-amino-alcohol motifs (C(OH)–C–C–N with tert-alkyl or cyclic N) is 1. The Labute approximate surface area is 120 Å². The first kappa shape index (κ1) is 15.3. The molecule has 3 atom stereocenters. The van der Waals surface area contributed by atoms with Crippen molar-refractivity contribution in [1.82, 2.24) is 4.90 Å². The molecule has 1 aliphatic heterocycles. The molecule has 0 spiro atoms. The van der Waals surface area contributed by atoms with Gasteiger partial charge in [-0.2, -0.15) is 0 Å². The average molecular weight is 283 g/mol. The summed E-state index contributed by atoms with van der Waals surface area (Å²) in [5, 5.41) is 19.5. The monoisotopic (exact) mass is 283 g/mol. The summed E-state index contributed by atoms with van der Waals surface area (Å²) in [5.41, 5.74) is -0.795. The van der Waals surface area contributed by atoms with E-state index in [9.17, 15) is 19.8 Å². The van der Waals surface area contributed by atoms with Crippen molar-refractivity contribution in [1.29, 1.82) is 0 Å². The van der Waals surface area contributed by atoms with E-state index in [0.717, 1.165) is 6.42 Å². The average Bonchev–Trinajstić information content (AvgIpc) is 2.78. The van der Waals surface area contributed by atoms with Crippen LogP contribution < -0.4 is 0 Å². The lowest BCUT2D eigenvalue weighted by Crippen LogP contribution is -2.67. The Kier molecular flexibility index (Phi) is 4.09. The van der Waals surface area contributed by atoms with Gasteiger partial charge in [0, 0.05) is 0 Å². The van der Waals surface area contributed by atoms with Crippen molar-refractivity contribution in [2.45, 2.75) is 45.6 Å². The van der Waals surface area contributed by atoms with Crippen LogP contribution in [0.1, 0.15) is 40.0 Å². The Balaban J connectivity index is 2.01. The van der Waals surface area contributed by atoms with Crippen LogP contribution in [0.15, 0.2) is 0 Å². The molecule has 2 N–H and O–H groups in total. The number of likely N-dealkylation sites (tertiary alicyclic amines) is 1. The highest BCUT2D eigenvalue weighted by Gasteiger charge is 2.50. The van der Waals surface area contributed by atoms with Gasteiger partial charge < -0.3 is 15.1 Å². The molecule has 1 unspecified atom stereocenters. The van der Waals surface area contributed by atoms with E-state index in [0.29, 0.717) is 31.8 Å². The summed E-state index contributed by atoms with van der Waals surface area (Å²) < 4.78 is 0. The molecule has 2 rings (SSSR count). The van der Waals surface area contributed by atoms with Crippen molar-refractivity contribution in [2.75, 3.05) is 13.1 Å². The second-order valence-corrected chi connectivity index (χ2v) is 6.75. The summed E-state index contributed by atoms with van der Waals surface area (Å²) in [7, 11) is 0. The zero-order valence-corrected chi connectivity index (χ0v) is 12.5. The van der Waals surface area contributed by atoms with Crippen LogP contribution >= 0.6 is 0 Å². The molecule has 1 heterocycles. The number of aliphatic hydroxyl groups is 1. The molecular weight excluding hydrogens is 258 g/mol. The maximum absolute atomic E-state index is 12.5. The minimum absolute atomic E-state index is 0.0846. The predicted octanol–water partition coefficient (Wildman–Crippen LogP) is 1.35. The van der Waals surface area contributed by atoms with Gasteiger partial charge in [0.05, 0.1) is 24.9 Å². The molecule has 2 fully saturated rings. The number of carboxylic acid groups (broad SMARTS) is 1. The highest BCUT2D eigenvalue weighted by molar-refractivity contribution is 5.86. The number of rotatable bonds is 4. The number of carbonyl (C=O) groups is 2. The third kappa shape index (κ3) is 2.55. The van der Waals surface area contributed by atoms with E-state index in [1.165, 1.54) is 0 Å². The van der Waals surface area contributed by atoms with Crippen LogP contribution in [0.2, 0.25) is 0 Å². The van der Waals surface area contributed by atoms with Crippen LogP contribution in [-0.4, -0.2) is 45.7 Å². The highest BCUT2D eigenvalue weighted by atomic mass is 16.4. The van der Waals surface area contributed by atoms with Crippen LogP contribution in [0.3, 0.4) is 0 Å². The topological polar surface area (TPSA) is 77.8 Å². The van der Waals surface area contributed by atoms with Crippen LogP contribution in [0.4, 0.5) is 0 Å². The van der Waals surface area contributed by atoms with E-state index in [-0.39, 0.29) is 11.8 Å². The molecule has 0 bridgehead atoms. The lowest BCUT2D eigenvalue weighted by molar-refractivity contribution is -0.170. The Bertz CT molecular complexity index is 401. The van der Waals surface area contributed by atoms with Gasteiger partial charge in [0.1, 0.15) is 5.60 Å². The lowest BCUT2D eigenvalue weighted by Gasteiger charge is -2.50. The van der Waals surface area contributed by atoms with Crippen LogP contribution in [0.25, 0.3) is 0 Å². The van der Waals surface area contributed by atoms with Crippen LogP contribution in [-0.2, 0) is 9.59 Å². The molecule has 1 amide bonds. The number of hydrogen-bond acceptors (Lipinski definition) is 3. The van der Waals surface area contributed by atoms with Crippen molar-refractivity contribution < 1.29 is 19.8 Å². The molecule has 1 saturated carbocycles. The predicted molar refractivity (Wildman–Crippen MR) is 74.0 cm³/mol. The maximum atomic E-state index is 12.5. The summed E-state index contributed by atoms with van der Waals surface area (Å²) in [4.78, 5) is 25.4. The van der Waals surface area contributed by atoms with Gasteiger partial charge in [0.25, 0.3) is 0 Å². The van der Waals surface area contributed by atoms with Crippen molar-refractivity contribution >= 4 is 11.9 Å². The molecule has 5 nitrogen and oxygen atoms in total. The van der Waals surface area contributed by atoms with E-state index < -0.39 is 23.4 Å². The normalized spacial score (nSPS) is 32.2.